The van der Waals surface area contributed by atoms with Crippen molar-refractivity contribution in [2.75, 3.05) is 26.4 Å². The number of rotatable bonds is 5. The average molecular weight is 176 g/mol. The van der Waals surface area contributed by atoms with Crippen molar-refractivity contribution in [3.8, 4) is 0 Å². The van der Waals surface area contributed by atoms with E-state index >= 15 is 0 Å². The van der Waals surface area contributed by atoms with Crippen molar-refractivity contribution < 1.29 is 20.1 Å². The van der Waals surface area contributed by atoms with Crippen LogP contribution in [-0.4, -0.2) is 47.9 Å². The number of epoxide rings is 1. The Balaban J connectivity index is 2.60. The maximum absolute atomic E-state index is 9.05. The fourth-order valence-corrected chi connectivity index (χ4v) is 1.32. The van der Waals surface area contributed by atoms with Crippen LogP contribution >= 0.6 is 0 Å². The molecule has 3 N–H and O–H groups in total. The van der Waals surface area contributed by atoms with Crippen molar-refractivity contribution in [3.63, 3.8) is 0 Å². The van der Waals surface area contributed by atoms with Crippen molar-refractivity contribution in [2.24, 2.45) is 11.3 Å². The van der Waals surface area contributed by atoms with Crippen molar-refractivity contribution >= 4 is 0 Å². The fraction of sp³-hybridized carbons (Fsp3) is 1.00. The van der Waals surface area contributed by atoms with Crippen LogP contribution in [0.5, 0.6) is 0 Å². The highest BCUT2D eigenvalue weighted by molar-refractivity contribution is 4.91. The molecule has 2 unspecified atom stereocenters. The minimum absolute atomic E-state index is 0.00231. The smallest absolute Gasteiger partial charge is 0.0843 e. The third kappa shape index (κ3) is 1.61. The lowest BCUT2D eigenvalue weighted by Gasteiger charge is -2.32. The van der Waals surface area contributed by atoms with E-state index in [1.807, 2.05) is 6.92 Å². The van der Waals surface area contributed by atoms with Crippen LogP contribution in [0.3, 0.4) is 0 Å². The van der Waals surface area contributed by atoms with Gasteiger partial charge < -0.3 is 20.1 Å². The van der Waals surface area contributed by atoms with Gasteiger partial charge in [0.05, 0.1) is 32.5 Å². The van der Waals surface area contributed by atoms with E-state index in [9.17, 15) is 0 Å². The quantitative estimate of drug-likeness (QED) is 0.469. The summed E-state index contributed by atoms with van der Waals surface area (Å²) in [6.07, 6.45) is 0.0939. The Bertz CT molecular complexity index is 132. The van der Waals surface area contributed by atoms with E-state index in [1.54, 1.807) is 0 Å². The van der Waals surface area contributed by atoms with Gasteiger partial charge >= 0.3 is 0 Å². The van der Waals surface area contributed by atoms with Crippen LogP contribution in [0.25, 0.3) is 0 Å². The van der Waals surface area contributed by atoms with E-state index in [4.69, 9.17) is 20.1 Å². The molecule has 0 radical (unpaired) electrons. The van der Waals surface area contributed by atoms with Crippen LogP contribution in [-0.2, 0) is 4.74 Å². The summed E-state index contributed by atoms with van der Waals surface area (Å²) >= 11 is 0. The monoisotopic (exact) mass is 176 g/mol. The van der Waals surface area contributed by atoms with Crippen LogP contribution in [0.4, 0.5) is 0 Å². The third-order valence-electron chi connectivity index (χ3n) is 2.83. The number of hydrogen-bond donors (Lipinski definition) is 3. The van der Waals surface area contributed by atoms with Gasteiger partial charge in [-0.2, -0.15) is 0 Å². The molecule has 72 valence electrons. The largest absolute Gasteiger partial charge is 0.396 e. The first-order chi connectivity index (χ1) is 5.70. The molecule has 1 fully saturated rings. The highest BCUT2D eigenvalue weighted by Gasteiger charge is 2.44. The number of ether oxygens (including phenoxy) is 1. The molecule has 0 spiro atoms. The maximum Gasteiger partial charge on any atom is 0.0843 e. The predicted molar refractivity (Wildman–Crippen MR) is 42.6 cm³/mol. The molecule has 0 bridgehead atoms. The summed E-state index contributed by atoms with van der Waals surface area (Å²) in [6, 6.07) is 0. The Hall–Kier alpha value is -0.160. The van der Waals surface area contributed by atoms with Crippen LogP contribution in [0.15, 0.2) is 0 Å². The molecule has 0 saturated carbocycles. The first-order valence-corrected chi connectivity index (χ1v) is 4.14. The van der Waals surface area contributed by atoms with Gasteiger partial charge in [-0.25, -0.2) is 0 Å². The van der Waals surface area contributed by atoms with Crippen LogP contribution in [0, 0.1) is 11.3 Å². The van der Waals surface area contributed by atoms with E-state index in [2.05, 4.69) is 0 Å². The zero-order chi connectivity index (χ0) is 9.19. The molecule has 1 aliphatic heterocycles. The molecule has 0 amide bonds. The summed E-state index contributed by atoms with van der Waals surface area (Å²) in [5.41, 5.74) is -0.791. The van der Waals surface area contributed by atoms with Gasteiger partial charge in [0.25, 0.3) is 0 Å². The van der Waals surface area contributed by atoms with Crippen LogP contribution in [0.1, 0.15) is 6.92 Å². The average Bonchev–Trinajstić information content (AvgIpc) is 2.91. The zero-order valence-corrected chi connectivity index (χ0v) is 7.23. The lowest BCUT2D eigenvalue weighted by molar-refractivity contribution is -0.0407. The SMILES string of the molecule is CC(C1CO1)C(CO)(CO)CO. The molecular weight excluding hydrogens is 160 g/mol. The zero-order valence-electron chi connectivity index (χ0n) is 7.23. The third-order valence-corrected chi connectivity index (χ3v) is 2.83. The summed E-state index contributed by atoms with van der Waals surface area (Å²) in [4.78, 5) is 0. The van der Waals surface area contributed by atoms with Gasteiger partial charge in [-0.15, -0.1) is 0 Å². The number of aliphatic hydroxyl groups excluding tert-OH is 3. The minimum Gasteiger partial charge on any atom is -0.396 e. The van der Waals surface area contributed by atoms with Crippen molar-refractivity contribution in [1.29, 1.82) is 0 Å². The highest BCUT2D eigenvalue weighted by Crippen LogP contribution is 2.35. The molecule has 2 atom stereocenters. The maximum atomic E-state index is 9.05. The molecule has 1 heterocycles. The summed E-state index contributed by atoms with van der Waals surface area (Å²) in [5, 5.41) is 27.1. The molecule has 0 aromatic rings. The number of aliphatic hydroxyl groups is 3. The van der Waals surface area contributed by atoms with Gasteiger partial charge in [0, 0.05) is 5.41 Å². The lowest BCUT2D eigenvalue weighted by Crippen LogP contribution is -2.42. The molecule has 1 saturated heterocycles. The van der Waals surface area contributed by atoms with Crippen LogP contribution in [0.2, 0.25) is 0 Å². The minimum atomic E-state index is -0.791. The van der Waals surface area contributed by atoms with Gasteiger partial charge in [0.1, 0.15) is 0 Å². The Labute approximate surface area is 71.8 Å². The summed E-state index contributed by atoms with van der Waals surface area (Å²) in [7, 11) is 0. The standard InChI is InChI=1S/C8H16O4/c1-6(7-2-12-7)8(3-9,4-10)5-11/h6-7,9-11H,2-5H2,1H3. The Morgan fingerprint density at radius 2 is 1.75 bits per heavy atom. The molecule has 0 aromatic heterocycles. The first kappa shape index (κ1) is 9.92. The van der Waals surface area contributed by atoms with E-state index in [1.165, 1.54) is 0 Å². The molecule has 0 aliphatic carbocycles. The summed E-state index contributed by atoms with van der Waals surface area (Å²) < 4.78 is 5.05. The van der Waals surface area contributed by atoms with Gasteiger partial charge in [-0.1, -0.05) is 6.92 Å². The Morgan fingerprint density at radius 3 is 2.00 bits per heavy atom. The van der Waals surface area contributed by atoms with Crippen LogP contribution < -0.4 is 0 Å². The second-order valence-electron chi connectivity index (χ2n) is 3.50. The van der Waals surface area contributed by atoms with E-state index in [0.29, 0.717) is 6.61 Å². The number of hydrogen-bond acceptors (Lipinski definition) is 4. The molecular formula is C8H16O4. The molecule has 4 nitrogen and oxygen atoms in total. The normalized spacial score (nSPS) is 25.5. The van der Waals surface area contributed by atoms with E-state index in [-0.39, 0.29) is 31.8 Å². The highest BCUT2D eigenvalue weighted by atomic mass is 16.6. The predicted octanol–water partition coefficient (Wildman–Crippen LogP) is -1.02. The fourth-order valence-electron chi connectivity index (χ4n) is 1.32. The van der Waals surface area contributed by atoms with Gasteiger partial charge in [-0.05, 0) is 5.92 Å². The second kappa shape index (κ2) is 3.70. The van der Waals surface area contributed by atoms with Gasteiger partial charge in [0.2, 0.25) is 0 Å². The lowest BCUT2D eigenvalue weighted by atomic mass is 9.76. The Kier molecular flexibility index (Phi) is 3.06. The molecule has 1 rings (SSSR count). The van der Waals surface area contributed by atoms with Gasteiger partial charge in [-0.3, -0.25) is 0 Å². The molecule has 12 heavy (non-hydrogen) atoms. The summed E-state index contributed by atoms with van der Waals surface area (Å²) in [6.45, 7) is 1.92. The second-order valence-corrected chi connectivity index (χ2v) is 3.50. The molecule has 1 aliphatic rings. The molecule has 0 aromatic carbocycles. The van der Waals surface area contributed by atoms with E-state index in [0.717, 1.165) is 0 Å². The van der Waals surface area contributed by atoms with Gasteiger partial charge in [0.15, 0.2) is 0 Å². The van der Waals surface area contributed by atoms with Crippen molar-refractivity contribution in [2.45, 2.75) is 13.0 Å². The summed E-state index contributed by atoms with van der Waals surface area (Å²) in [5.74, 6) is -0.00231. The topological polar surface area (TPSA) is 73.2 Å². The van der Waals surface area contributed by atoms with Crippen molar-refractivity contribution in [3.05, 3.63) is 0 Å². The van der Waals surface area contributed by atoms with E-state index < -0.39 is 5.41 Å². The Morgan fingerprint density at radius 1 is 1.33 bits per heavy atom. The first-order valence-electron chi connectivity index (χ1n) is 4.14. The van der Waals surface area contributed by atoms with Crippen molar-refractivity contribution in [1.82, 2.24) is 0 Å². The molecule has 4 heteroatoms.